The van der Waals surface area contributed by atoms with Crippen LogP contribution in [0.2, 0.25) is 0 Å². The fraction of sp³-hybridized carbons (Fsp3) is 0.125. The van der Waals surface area contributed by atoms with Gasteiger partial charge in [0, 0.05) is 22.0 Å². The molecule has 0 radical (unpaired) electrons. The van der Waals surface area contributed by atoms with Crippen molar-refractivity contribution in [2.24, 2.45) is 0 Å². The van der Waals surface area contributed by atoms with Crippen molar-refractivity contribution in [2.75, 3.05) is 5.32 Å². The number of benzene rings is 2. The second-order valence-electron chi connectivity index (χ2n) is 6.89. The largest absolute Gasteiger partial charge is 0.489 e. The first-order chi connectivity index (χ1) is 15.6. The zero-order valence-corrected chi connectivity index (χ0v) is 18.8. The first-order valence-electron chi connectivity index (χ1n) is 9.85. The minimum absolute atomic E-state index is 0.191. The molecule has 0 aliphatic heterocycles. The van der Waals surface area contributed by atoms with Crippen LogP contribution in [-0.2, 0) is 16.1 Å². The Hall–Kier alpha value is -3.49. The van der Waals surface area contributed by atoms with E-state index >= 15 is 0 Å². The molecule has 0 aliphatic carbocycles. The van der Waals surface area contributed by atoms with E-state index in [1.54, 1.807) is 41.0 Å². The summed E-state index contributed by atoms with van der Waals surface area (Å²) in [4.78, 5) is 29.1. The maximum atomic E-state index is 12.4. The lowest BCUT2D eigenvalue weighted by atomic mass is 10.2. The minimum atomic E-state index is -0.970. The molecular weight excluding hydrogens is 444 g/mol. The molecule has 2 aromatic heterocycles. The van der Waals surface area contributed by atoms with Gasteiger partial charge in [0.1, 0.15) is 17.4 Å². The molecule has 6 nitrogen and oxygen atoms in total. The predicted octanol–water partition coefficient (Wildman–Crippen LogP) is 5.63. The number of thiophene rings is 1. The van der Waals surface area contributed by atoms with Crippen molar-refractivity contribution in [1.82, 2.24) is 4.98 Å². The normalized spacial score (nSPS) is 11.5. The molecule has 0 bridgehead atoms. The molecule has 0 saturated carbocycles. The molecule has 4 rings (SSSR count). The van der Waals surface area contributed by atoms with Crippen molar-refractivity contribution in [3.05, 3.63) is 88.1 Å². The van der Waals surface area contributed by atoms with E-state index in [0.29, 0.717) is 18.0 Å². The van der Waals surface area contributed by atoms with Crippen LogP contribution in [0.15, 0.2) is 76.8 Å². The van der Waals surface area contributed by atoms with Crippen molar-refractivity contribution < 1.29 is 19.1 Å². The molecule has 0 spiro atoms. The van der Waals surface area contributed by atoms with Crippen molar-refractivity contribution in [2.45, 2.75) is 19.6 Å². The molecule has 1 N–H and O–H groups in total. The smallest absolute Gasteiger partial charge is 0.358 e. The van der Waals surface area contributed by atoms with Gasteiger partial charge in [0.2, 0.25) is 0 Å². The number of amides is 1. The summed E-state index contributed by atoms with van der Waals surface area (Å²) in [7, 11) is 0. The summed E-state index contributed by atoms with van der Waals surface area (Å²) in [5.41, 5.74) is 2.80. The summed E-state index contributed by atoms with van der Waals surface area (Å²) in [5, 5.41) is 9.02. The number of ether oxygens (including phenoxy) is 2. The van der Waals surface area contributed by atoms with E-state index in [2.05, 4.69) is 10.3 Å². The van der Waals surface area contributed by atoms with Gasteiger partial charge in [-0.15, -0.1) is 11.3 Å². The SMILES string of the molecule is CC(OC(=O)c1csc(-c2ccsc2)n1)C(=O)Nc1ccc(OCc2ccccc2)cc1. The highest BCUT2D eigenvalue weighted by atomic mass is 32.1. The van der Waals surface area contributed by atoms with Crippen LogP contribution in [0.4, 0.5) is 5.69 Å². The van der Waals surface area contributed by atoms with Crippen LogP contribution < -0.4 is 10.1 Å². The fourth-order valence-electron chi connectivity index (χ4n) is 2.78. The average molecular weight is 465 g/mol. The summed E-state index contributed by atoms with van der Waals surface area (Å²) in [6, 6.07) is 18.8. The molecule has 162 valence electrons. The van der Waals surface area contributed by atoms with Gasteiger partial charge in [0.25, 0.3) is 5.91 Å². The highest BCUT2D eigenvalue weighted by Crippen LogP contribution is 2.26. The molecule has 4 aromatic rings. The fourth-order valence-corrected chi connectivity index (χ4v) is 4.28. The number of anilines is 1. The summed E-state index contributed by atoms with van der Waals surface area (Å²) in [6.07, 6.45) is -0.970. The van der Waals surface area contributed by atoms with Crippen LogP contribution >= 0.6 is 22.7 Å². The Morgan fingerprint density at radius 1 is 1.03 bits per heavy atom. The van der Waals surface area contributed by atoms with Gasteiger partial charge < -0.3 is 14.8 Å². The molecule has 8 heteroatoms. The summed E-state index contributed by atoms with van der Waals surface area (Å²) < 4.78 is 11.0. The molecule has 1 unspecified atom stereocenters. The van der Waals surface area contributed by atoms with E-state index in [9.17, 15) is 9.59 Å². The van der Waals surface area contributed by atoms with Crippen molar-refractivity contribution in [3.63, 3.8) is 0 Å². The van der Waals surface area contributed by atoms with E-state index in [0.717, 1.165) is 16.1 Å². The minimum Gasteiger partial charge on any atom is -0.489 e. The van der Waals surface area contributed by atoms with Crippen molar-refractivity contribution in [1.29, 1.82) is 0 Å². The highest BCUT2D eigenvalue weighted by Gasteiger charge is 2.21. The Morgan fingerprint density at radius 3 is 2.53 bits per heavy atom. The topological polar surface area (TPSA) is 77.5 Å². The van der Waals surface area contributed by atoms with Crippen LogP contribution in [0.5, 0.6) is 5.75 Å². The number of aromatic nitrogens is 1. The van der Waals surface area contributed by atoms with Crippen LogP contribution in [0.25, 0.3) is 10.6 Å². The number of carbonyl (C=O) groups excluding carboxylic acids is 2. The second kappa shape index (κ2) is 10.2. The van der Waals surface area contributed by atoms with E-state index in [1.807, 2.05) is 47.2 Å². The van der Waals surface area contributed by atoms with Crippen LogP contribution in [0, 0.1) is 0 Å². The predicted molar refractivity (Wildman–Crippen MR) is 126 cm³/mol. The zero-order chi connectivity index (χ0) is 22.3. The standard InChI is InChI=1S/C24H20N2O4S2/c1-16(30-24(28)21-15-32-23(26-21)18-11-12-31-14-18)22(27)25-19-7-9-20(10-8-19)29-13-17-5-3-2-4-6-17/h2-12,14-16H,13H2,1H3,(H,25,27). The highest BCUT2D eigenvalue weighted by molar-refractivity contribution is 7.14. The molecule has 2 heterocycles. The Labute approximate surface area is 193 Å². The number of rotatable bonds is 8. The van der Waals surface area contributed by atoms with Gasteiger partial charge >= 0.3 is 5.97 Å². The molecule has 0 saturated heterocycles. The second-order valence-corrected chi connectivity index (χ2v) is 8.52. The van der Waals surface area contributed by atoms with E-state index < -0.39 is 18.0 Å². The van der Waals surface area contributed by atoms with Crippen LogP contribution in [-0.4, -0.2) is 23.0 Å². The molecule has 1 atom stereocenters. The van der Waals surface area contributed by atoms with Gasteiger partial charge in [-0.25, -0.2) is 9.78 Å². The molecular formula is C24H20N2O4S2. The maximum absolute atomic E-state index is 12.4. The van der Waals surface area contributed by atoms with Gasteiger partial charge in [0.15, 0.2) is 11.8 Å². The lowest BCUT2D eigenvalue weighted by Crippen LogP contribution is -2.30. The Balaban J connectivity index is 1.28. The molecule has 1 amide bonds. The Bertz CT molecular complexity index is 1170. The third-order valence-corrected chi connectivity index (χ3v) is 6.08. The van der Waals surface area contributed by atoms with Crippen molar-refractivity contribution in [3.8, 4) is 16.3 Å². The first kappa shape index (κ1) is 21.7. The van der Waals surface area contributed by atoms with E-state index in [-0.39, 0.29) is 5.69 Å². The quantitative estimate of drug-likeness (QED) is 0.342. The van der Waals surface area contributed by atoms with E-state index in [4.69, 9.17) is 9.47 Å². The number of thiazole rings is 1. The molecule has 2 aromatic carbocycles. The third-order valence-electron chi connectivity index (χ3n) is 4.50. The van der Waals surface area contributed by atoms with Crippen LogP contribution in [0.3, 0.4) is 0 Å². The summed E-state index contributed by atoms with van der Waals surface area (Å²) in [6.45, 7) is 1.99. The molecule has 0 fully saturated rings. The zero-order valence-electron chi connectivity index (χ0n) is 17.2. The summed E-state index contributed by atoms with van der Waals surface area (Å²) >= 11 is 2.92. The number of hydrogen-bond donors (Lipinski definition) is 1. The van der Waals surface area contributed by atoms with Gasteiger partial charge in [-0.1, -0.05) is 30.3 Å². The van der Waals surface area contributed by atoms with Gasteiger partial charge in [-0.05, 0) is 48.2 Å². The lowest BCUT2D eigenvalue weighted by Gasteiger charge is -2.13. The molecule has 0 aliphatic rings. The molecule has 32 heavy (non-hydrogen) atoms. The Kier molecular flexibility index (Phi) is 6.94. The van der Waals surface area contributed by atoms with Gasteiger partial charge in [-0.3, -0.25) is 4.79 Å². The number of carbonyl (C=O) groups is 2. The third kappa shape index (κ3) is 5.60. The van der Waals surface area contributed by atoms with Crippen LogP contribution in [0.1, 0.15) is 23.0 Å². The number of nitrogens with zero attached hydrogens (tertiary/aromatic N) is 1. The lowest BCUT2D eigenvalue weighted by molar-refractivity contribution is -0.123. The number of hydrogen-bond acceptors (Lipinski definition) is 7. The Morgan fingerprint density at radius 2 is 1.81 bits per heavy atom. The monoisotopic (exact) mass is 464 g/mol. The van der Waals surface area contributed by atoms with Gasteiger partial charge in [-0.2, -0.15) is 11.3 Å². The maximum Gasteiger partial charge on any atom is 0.358 e. The first-order valence-corrected chi connectivity index (χ1v) is 11.7. The van der Waals surface area contributed by atoms with E-state index in [1.165, 1.54) is 18.3 Å². The summed E-state index contributed by atoms with van der Waals surface area (Å²) in [5.74, 6) is -0.365. The van der Waals surface area contributed by atoms with Crippen molar-refractivity contribution >= 4 is 40.2 Å². The number of nitrogens with one attached hydrogen (secondary N) is 1. The number of esters is 1. The van der Waals surface area contributed by atoms with Gasteiger partial charge in [0.05, 0.1) is 0 Å². The average Bonchev–Trinajstić information content (AvgIpc) is 3.51.